The molecule has 1 atom stereocenters. The molecule has 1 aliphatic carbocycles. The molecule has 0 bridgehead atoms. The molecule has 1 fully saturated rings. The molecule has 0 aliphatic heterocycles. The molecule has 0 heterocycles. The Labute approximate surface area is 118 Å². The van der Waals surface area contributed by atoms with Crippen molar-refractivity contribution in [3.05, 3.63) is 0 Å². The Balaban J connectivity index is 2.56. The van der Waals surface area contributed by atoms with Crippen molar-refractivity contribution in [2.45, 2.75) is 78.9 Å². The van der Waals surface area contributed by atoms with Gasteiger partial charge in [0, 0.05) is 13.5 Å². The second-order valence-corrected chi connectivity index (χ2v) is 6.88. The number of methoxy groups -OCH3 is 1. The zero-order chi connectivity index (χ0) is 14.5. The topological polar surface area (TPSA) is 35.5 Å². The van der Waals surface area contributed by atoms with E-state index in [-0.39, 0.29) is 11.4 Å². The number of carbonyl (C=O) groups excluding carboxylic acids is 1. The van der Waals surface area contributed by atoms with Crippen molar-refractivity contribution in [3.63, 3.8) is 0 Å². The molecule has 0 aromatic heterocycles. The fourth-order valence-corrected chi connectivity index (χ4v) is 2.61. The van der Waals surface area contributed by atoms with Crippen molar-refractivity contribution in [1.82, 2.24) is 0 Å². The van der Waals surface area contributed by atoms with Crippen molar-refractivity contribution >= 4 is 5.97 Å². The van der Waals surface area contributed by atoms with E-state index >= 15 is 0 Å². The minimum absolute atomic E-state index is 0.152. The van der Waals surface area contributed by atoms with Gasteiger partial charge in [-0.1, -0.05) is 33.1 Å². The first-order valence-corrected chi connectivity index (χ1v) is 7.57. The van der Waals surface area contributed by atoms with Crippen LogP contribution >= 0.6 is 0 Å². The second-order valence-electron chi connectivity index (χ2n) is 6.88. The third-order valence-corrected chi connectivity index (χ3v) is 4.66. The quantitative estimate of drug-likeness (QED) is 0.533. The van der Waals surface area contributed by atoms with Gasteiger partial charge in [0.1, 0.15) is 0 Å². The third kappa shape index (κ3) is 4.79. The van der Waals surface area contributed by atoms with E-state index in [0.717, 1.165) is 12.8 Å². The van der Waals surface area contributed by atoms with Crippen LogP contribution in [0.15, 0.2) is 0 Å². The lowest BCUT2D eigenvalue weighted by molar-refractivity contribution is -0.190. The van der Waals surface area contributed by atoms with E-state index in [1.165, 1.54) is 32.1 Å². The smallest absolute Gasteiger partial charge is 0.313 e. The molecular weight excluding hydrogens is 240 g/mol. The number of hydrogen-bond donors (Lipinski definition) is 0. The van der Waals surface area contributed by atoms with Gasteiger partial charge in [0.25, 0.3) is 0 Å². The molecule has 112 valence electrons. The van der Waals surface area contributed by atoms with E-state index in [9.17, 15) is 4.79 Å². The van der Waals surface area contributed by atoms with Gasteiger partial charge in [0.2, 0.25) is 6.29 Å². The normalized spacial score (nSPS) is 20.9. The maximum atomic E-state index is 12.1. The Kier molecular flexibility index (Phi) is 5.84. The molecule has 3 heteroatoms. The molecule has 1 saturated carbocycles. The van der Waals surface area contributed by atoms with E-state index in [2.05, 4.69) is 6.92 Å². The van der Waals surface area contributed by atoms with Gasteiger partial charge in [-0.3, -0.25) is 4.79 Å². The molecule has 0 spiro atoms. The number of rotatable bonds is 6. The second kappa shape index (κ2) is 6.74. The Hall–Kier alpha value is -0.570. The molecule has 1 aliphatic rings. The summed E-state index contributed by atoms with van der Waals surface area (Å²) in [4.78, 5) is 12.1. The Morgan fingerprint density at radius 3 is 2.32 bits per heavy atom. The largest absolute Gasteiger partial charge is 0.435 e. The van der Waals surface area contributed by atoms with Gasteiger partial charge in [0.15, 0.2) is 0 Å². The summed E-state index contributed by atoms with van der Waals surface area (Å²) in [5.41, 5.74) is -0.167. The van der Waals surface area contributed by atoms with Gasteiger partial charge >= 0.3 is 5.97 Å². The summed E-state index contributed by atoms with van der Waals surface area (Å²) >= 11 is 0. The molecule has 19 heavy (non-hydrogen) atoms. The molecule has 0 saturated heterocycles. The summed E-state index contributed by atoms with van der Waals surface area (Å²) in [6, 6.07) is 0. The van der Waals surface area contributed by atoms with Gasteiger partial charge in [-0.05, 0) is 38.5 Å². The van der Waals surface area contributed by atoms with Gasteiger partial charge in [-0.25, -0.2) is 0 Å². The highest BCUT2D eigenvalue weighted by atomic mass is 16.7. The molecule has 0 radical (unpaired) electrons. The van der Waals surface area contributed by atoms with Crippen LogP contribution in [0.5, 0.6) is 0 Å². The zero-order valence-corrected chi connectivity index (χ0v) is 13.3. The fraction of sp³-hybridized carbons (Fsp3) is 0.938. The first-order chi connectivity index (χ1) is 8.83. The van der Waals surface area contributed by atoms with Crippen LogP contribution in [0.4, 0.5) is 0 Å². The van der Waals surface area contributed by atoms with Crippen LogP contribution < -0.4 is 0 Å². The van der Waals surface area contributed by atoms with Crippen LogP contribution in [0.2, 0.25) is 0 Å². The standard InChI is InChI=1S/C16H30O3/c1-6-15(2,3)14(17)19-13(18-5)12-16(4)10-8-7-9-11-16/h13H,6-12H2,1-5H3. The number of hydrogen-bond acceptors (Lipinski definition) is 3. The van der Waals surface area contributed by atoms with Crippen LogP contribution in [0, 0.1) is 10.8 Å². The van der Waals surface area contributed by atoms with Crippen molar-refractivity contribution in [2.75, 3.05) is 7.11 Å². The molecule has 0 aromatic carbocycles. The monoisotopic (exact) mass is 270 g/mol. The Morgan fingerprint density at radius 1 is 1.26 bits per heavy atom. The lowest BCUT2D eigenvalue weighted by Crippen LogP contribution is -2.34. The van der Waals surface area contributed by atoms with Crippen molar-refractivity contribution < 1.29 is 14.3 Å². The SMILES string of the molecule is CCC(C)(C)C(=O)OC(CC1(C)CCCCC1)OC. The predicted molar refractivity (Wildman–Crippen MR) is 76.8 cm³/mol. The molecule has 0 N–H and O–H groups in total. The molecule has 0 amide bonds. The highest BCUT2D eigenvalue weighted by Gasteiger charge is 2.34. The molecule has 1 unspecified atom stereocenters. The Morgan fingerprint density at radius 2 is 1.84 bits per heavy atom. The van der Waals surface area contributed by atoms with E-state index in [1.54, 1.807) is 7.11 Å². The summed E-state index contributed by atoms with van der Waals surface area (Å²) in [5.74, 6) is -0.152. The lowest BCUT2D eigenvalue weighted by Gasteiger charge is -2.36. The number of ether oxygens (including phenoxy) is 2. The van der Waals surface area contributed by atoms with E-state index in [0.29, 0.717) is 0 Å². The maximum absolute atomic E-state index is 12.1. The van der Waals surface area contributed by atoms with Crippen molar-refractivity contribution in [2.24, 2.45) is 10.8 Å². The highest BCUT2D eigenvalue weighted by Crippen LogP contribution is 2.40. The van der Waals surface area contributed by atoms with Crippen molar-refractivity contribution in [1.29, 1.82) is 0 Å². The van der Waals surface area contributed by atoms with Gasteiger partial charge in [-0.15, -0.1) is 0 Å². The molecule has 0 aromatic rings. The molecule has 1 rings (SSSR count). The zero-order valence-electron chi connectivity index (χ0n) is 13.3. The summed E-state index contributed by atoms with van der Waals surface area (Å²) in [5, 5.41) is 0. The van der Waals surface area contributed by atoms with E-state index in [4.69, 9.17) is 9.47 Å². The first kappa shape index (κ1) is 16.5. The Bertz CT molecular complexity index is 290. The van der Waals surface area contributed by atoms with Gasteiger partial charge in [-0.2, -0.15) is 0 Å². The summed E-state index contributed by atoms with van der Waals surface area (Å²) in [6.07, 6.45) is 7.50. The minimum Gasteiger partial charge on any atom is -0.435 e. The molecular formula is C16H30O3. The van der Waals surface area contributed by atoms with E-state index < -0.39 is 11.7 Å². The summed E-state index contributed by atoms with van der Waals surface area (Å²) < 4.78 is 10.9. The van der Waals surface area contributed by atoms with Gasteiger partial charge in [0.05, 0.1) is 5.41 Å². The van der Waals surface area contributed by atoms with Gasteiger partial charge < -0.3 is 9.47 Å². The summed E-state index contributed by atoms with van der Waals surface area (Å²) in [6.45, 7) is 8.14. The maximum Gasteiger partial charge on any atom is 0.313 e. The summed E-state index contributed by atoms with van der Waals surface area (Å²) in [7, 11) is 1.63. The average Bonchev–Trinajstić information content (AvgIpc) is 2.38. The van der Waals surface area contributed by atoms with Crippen LogP contribution in [-0.2, 0) is 14.3 Å². The minimum atomic E-state index is -0.426. The highest BCUT2D eigenvalue weighted by molar-refractivity contribution is 5.75. The number of carbonyl (C=O) groups is 1. The van der Waals surface area contributed by atoms with Crippen molar-refractivity contribution in [3.8, 4) is 0 Å². The third-order valence-electron chi connectivity index (χ3n) is 4.66. The van der Waals surface area contributed by atoms with Crippen LogP contribution in [-0.4, -0.2) is 19.4 Å². The number of esters is 1. The van der Waals surface area contributed by atoms with Crippen LogP contribution in [0.25, 0.3) is 0 Å². The van der Waals surface area contributed by atoms with E-state index in [1.807, 2.05) is 20.8 Å². The molecule has 3 nitrogen and oxygen atoms in total. The fourth-order valence-electron chi connectivity index (χ4n) is 2.61. The van der Waals surface area contributed by atoms with Crippen LogP contribution in [0.3, 0.4) is 0 Å². The average molecular weight is 270 g/mol. The predicted octanol–water partition coefficient (Wildman–Crippen LogP) is 4.30. The first-order valence-electron chi connectivity index (χ1n) is 7.57. The van der Waals surface area contributed by atoms with Crippen LogP contribution in [0.1, 0.15) is 72.6 Å². The lowest BCUT2D eigenvalue weighted by atomic mass is 9.73.